The predicted octanol–water partition coefficient (Wildman–Crippen LogP) is -0.320. The summed E-state index contributed by atoms with van der Waals surface area (Å²) < 4.78 is 9.50. The van der Waals surface area contributed by atoms with Crippen molar-refractivity contribution in [2.24, 2.45) is 47.3 Å². The summed E-state index contributed by atoms with van der Waals surface area (Å²) in [6.45, 7) is 0. The number of hydrogen-bond acceptors (Lipinski definition) is 6. The van der Waals surface area contributed by atoms with Crippen LogP contribution in [0.15, 0.2) is 12.2 Å². The highest BCUT2D eigenvalue weighted by Gasteiger charge is 2.74. The minimum Gasteiger partial charge on any atom is -0.393 e. The molecule has 0 spiro atoms. The van der Waals surface area contributed by atoms with E-state index in [4.69, 9.17) is 9.47 Å². The Hall–Kier alpha value is -1.98. The maximum atomic E-state index is 11.9. The SMILES string of the molecule is O=C1OC(=O)[C@H]2[C@@H]3C=C[C@H]([C@@H]12)[C@@H]1[C@H]2C(=O)OC(=O)[C@H]2[C@H]31. The van der Waals surface area contributed by atoms with Crippen molar-refractivity contribution in [2.45, 2.75) is 0 Å². The van der Waals surface area contributed by atoms with Gasteiger partial charge in [0.25, 0.3) is 0 Å². The van der Waals surface area contributed by atoms with Gasteiger partial charge in [0.05, 0.1) is 23.7 Å². The topological polar surface area (TPSA) is 86.7 Å². The number of rotatable bonds is 0. The molecule has 2 aliphatic heterocycles. The van der Waals surface area contributed by atoms with Crippen molar-refractivity contribution >= 4 is 23.9 Å². The highest BCUT2D eigenvalue weighted by molar-refractivity contribution is 6.01. The van der Waals surface area contributed by atoms with Crippen LogP contribution in [-0.4, -0.2) is 23.9 Å². The van der Waals surface area contributed by atoms with Crippen molar-refractivity contribution in [3.8, 4) is 0 Å². The fourth-order valence-electron chi connectivity index (χ4n) is 5.20. The normalized spacial score (nSPS) is 54.0. The zero-order valence-corrected chi connectivity index (χ0v) is 10.2. The number of cyclic esters (lactones) is 4. The second-order valence-electron chi connectivity index (χ2n) is 6.28. The van der Waals surface area contributed by atoms with Crippen LogP contribution in [0.1, 0.15) is 0 Å². The molecule has 102 valence electrons. The van der Waals surface area contributed by atoms with E-state index in [1.807, 2.05) is 12.2 Å². The predicted molar refractivity (Wildman–Crippen MR) is 59.3 cm³/mol. The Morgan fingerprint density at radius 3 is 1.35 bits per heavy atom. The summed E-state index contributed by atoms with van der Waals surface area (Å²) in [4.78, 5) is 47.3. The van der Waals surface area contributed by atoms with Gasteiger partial charge < -0.3 is 9.47 Å². The first kappa shape index (κ1) is 10.8. The molecular weight excluding hydrogens is 264 g/mol. The van der Waals surface area contributed by atoms with Crippen molar-refractivity contribution in [3.05, 3.63) is 12.2 Å². The Labute approximate surface area is 113 Å². The summed E-state index contributed by atoms with van der Waals surface area (Å²) in [6.07, 6.45) is 3.83. The highest BCUT2D eigenvalue weighted by atomic mass is 16.6. The molecule has 0 aromatic rings. The van der Waals surface area contributed by atoms with Crippen LogP contribution in [-0.2, 0) is 28.7 Å². The lowest BCUT2D eigenvalue weighted by atomic mass is 9.40. The molecule has 6 rings (SSSR count). The fraction of sp³-hybridized carbons (Fsp3) is 0.571. The number of carbonyl (C=O) groups excluding carboxylic acids is 4. The van der Waals surface area contributed by atoms with Gasteiger partial charge in [0, 0.05) is 0 Å². The van der Waals surface area contributed by atoms with E-state index in [9.17, 15) is 19.2 Å². The van der Waals surface area contributed by atoms with E-state index in [1.54, 1.807) is 0 Å². The summed E-state index contributed by atoms with van der Waals surface area (Å²) in [7, 11) is 0. The number of esters is 4. The minimum atomic E-state index is -0.487. The molecule has 0 aromatic carbocycles. The van der Waals surface area contributed by atoms with E-state index >= 15 is 0 Å². The number of carbonyl (C=O) groups is 4. The van der Waals surface area contributed by atoms with Gasteiger partial charge in [-0.05, 0) is 23.7 Å². The molecule has 4 aliphatic carbocycles. The summed E-state index contributed by atoms with van der Waals surface area (Å²) in [6, 6.07) is 0. The molecule has 2 saturated heterocycles. The number of hydrogen-bond donors (Lipinski definition) is 0. The maximum Gasteiger partial charge on any atom is 0.318 e. The van der Waals surface area contributed by atoms with Crippen LogP contribution in [0.4, 0.5) is 0 Å². The van der Waals surface area contributed by atoms with Crippen LogP contribution < -0.4 is 0 Å². The monoisotopic (exact) mass is 274 g/mol. The van der Waals surface area contributed by atoms with E-state index < -0.39 is 47.5 Å². The average molecular weight is 274 g/mol. The van der Waals surface area contributed by atoms with Gasteiger partial charge in [0.15, 0.2) is 0 Å². The highest BCUT2D eigenvalue weighted by Crippen LogP contribution is 2.67. The molecule has 6 aliphatic rings. The molecular formula is C14H10O6. The molecule has 2 heterocycles. The molecule has 8 atom stereocenters. The first-order valence-corrected chi connectivity index (χ1v) is 6.79. The molecule has 2 bridgehead atoms. The lowest BCUT2D eigenvalue weighted by Crippen LogP contribution is -2.63. The van der Waals surface area contributed by atoms with Crippen LogP contribution >= 0.6 is 0 Å². The van der Waals surface area contributed by atoms with Gasteiger partial charge in [0.1, 0.15) is 0 Å². The Balaban J connectivity index is 1.63. The van der Waals surface area contributed by atoms with Gasteiger partial charge in [0.2, 0.25) is 0 Å². The molecule has 20 heavy (non-hydrogen) atoms. The number of allylic oxidation sites excluding steroid dienone is 2. The Morgan fingerprint density at radius 1 is 0.600 bits per heavy atom. The van der Waals surface area contributed by atoms with Crippen molar-refractivity contribution < 1.29 is 28.7 Å². The molecule has 6 heteroatoms. The van der Waals surface area contributed by atoms with Crippen molar-refractivity contribution in [2.75, 3.05) is 0 Å². The van der Waals surface area contributed by atoms with E-state index in [2.05, 4.69) is 0 Å². The van der Waals surface area contributed by atoms with Crippen LogP contribution in [0.3, 0.4) is 0 Å². The molecule has 0 unspecified atom stereocenters. The third-order valence-corrected chi connectivity index (χ3v) is 5.81. The maximum absolute atomic E-state index is 11.9. The molecule has 0 radical (unpaired) electrons. The van der Waals surface area contributed by atoms with Crippen LogP contribution in [0.5, 0.6) is 0 Å². The van der Waals surface area contributed by atoms with Crippen LogP contribution in [0.25, 0.3) is 0 Å². The molecule has 2 saturated carbocycles. The van der Waals surface area contributed by atoms with E-state index in [1.165, 1.54) is 0 Å². The van der Waals surface area contributed by atoms with Gasteiger partial charge in [-0.15, -0.1) is 0 Å². The Kier molecular flexibility index (Phi) is 1.63. The van der Waals surface area contributed by atoms with Gasteiger partial charge in [-0.2, -0.15) is 0 Å². The summed E-state index contributed by atoms with van der Waals surface area (Å²) in [5, 5.41) is 0. The molecule has 0 aromatic heterocycles. The van der Waals surface area contributed by atoms with Gasteiger partial charge in [-0.3, -0.25) is 19.2 Å². The van der Waals surface area contributed by atoms with Gasteiger partial charge >= 0.3 is 23.9 Å². The van der Waals surface area contributed by atoms with Crippen LogP contribution in [0, 0.1) is 47.3 Å². The lowest BCUT2D eigenvalue weighted by Gasteiger charge is -2.59. The third-order valence-electron chi connectivity index (χ3n) is 5.81. The first-order chi connectivity index (χ1) is 9.59. The van der Waals surface area contributed by atoms with Crippen LogP contribution in [0.2, 0.25) is 0 Å². The van der Waals surface area contributed by atoms with E-state index in [-0.39, 0.29) is 23.7 Å². The van der Waals surface area contributed by atoms with Crippen molar-refractivity contribution in [1.82, 2.24) is 0 Å². The molecule has 4 fully saturated rings. The largest absolute Gasteiger partial charge is 0.393 e. The fourth-order valence-corrected chi connectivity index (χ4v) is 5.20. The van der Waals surface area contributed by atoms with E-state index in [0.29, 0.717) is 0 Å². The van der Waals surface area contributed by atoms with Crippen molar-refractivity contribution in [3.63, 3.8) is 0 Å². The first-order valence-electron chi connectivity index (χ1n) is 6.79. The molecule has 0 N–H and O–H groups in total. The standard InChI is InChI=1S/C14H10O6/c15-11-7-3-1-2-4(8(7)12(16)19-11)6-5(3)9-10(6)14(18)20-13(9)17/h1-10H/t3-,4+,5-,6+,7+,8-,9+,10-. The summed E-state index contributed by atoms with van der Waals surface area (Å²) in [5.74, 6) is -4.26. The molecule has 0 amide bonds. The van der Waals surface area contributed by atoms with Gasteiger partial charge in [-0.1, -0.05) is 12.2 Å². The minimum absolute atomic E-state index is 0.0614. The number of ether oxygens (including phenoxy) is 2. The quantitative estimate of drug-likeness (QED) is 0.342. The summed E-state index contributed by atoms with van der Waals surface area (Å²) in [5.41, 5.74) is 0. The third kappa shape index (κ3) is 0.910. The average Bonchev–Trinajstić information content (AvgIpc) is 2.78. The Bertz CT molecular complexity index is 582. The number of fused-ring (bicyclic) bond motifs is 1. The second kappa shape index (κ2) is 3.02. The lowest BCUT2D eigenvalue weighted by molar-refractivity contribution is -0.166. The van der Waals surface area contributed by atoms with Gasteiger partial charge in [-0.25, -0.2) is 0 Å². The second-order valence-corrected chi connectivity index (χ2v) is 6.28. The Morgan fingerprint density at radius 2 is 0.950 bits per heavy atom. The summed E-state index contributed by atoms with van der Waals surface area (Å²) >= 11 is 0. The smallest absolute Gasteiger partial charge is 0.318 e. The van der Waals surface area contributed by atoms with Crippen molar-refractivity contribution in [1.29, 1.82) is 0 Å². The molecule has 6 nitrogen and oxygen atoms in total. The zero-order chi connectivity index (χ0) is 13.8. The van der Waals surface area contributed by atoms with E-state index in [0.717, 1.165) is 0 Å². The zero-order valence-electron chi connectivity index (χ0n) is 10.2.